The molecule has 1 fully saturated rings. The Labute approximate surface area is 150 Å². The van der Waals surface area contributed by atoms with Gasteiger partial charge in [0.2, 0.25) is 11.8 Å². The van der Waals surface area contributed by atoms with Gasteiger partial charge in [-0.25, -0.2) is 5.43 Å². The number of carbonyl (C=O) groups excluding carboxylic acids is 2. The largest absolute Gasteiger partial charge is 0.339 e. The van der Waals surface area contributed by atoms with Gasteiger partial charge in [0.05, 0.1) is 5.92 Å². The quantitative estimate of drug-likeness (QED) is 0.898. The molecule has 8 heteroatoms. The molecule has 3 heterocycles. The first-order valence-electron chi connectivity index (χ1n) is 8.61. The first-order valence-corrected chi connectivity index (χ1v) is 8.61. The molecule has 2 aliphatic rings. The molecule has 2 aromatic rings. The van der Waals surface area contributed by atoms with Gasteiger partial charge in [-0.1, -0.05) is 35.5 Å². The summed E-state index contributed by atoms with van der Waals surface area (Å²) in [6.45, 7) is 2.80. The first-order chi connectivity index (χ1) is 12.6. The molecule has 1 N–H and O–H groups in total. The molecule has 0 aliphatic carbocycles. The minimum Gasteiger partial charge on any atom is -0.339 e. The highest BCUT2D eigenvalue weighted by Crippen LogP contribution is 2.39. The van der Waals surface area contributed by atoms with Gasteiger partial charge >= 0.3 is 0 Å². The highest BCUT2D eigenvalue weighted by molar-refractivity contribution is 6.39. The fraction of sp³-hybridized carbons (Fsp3) is 0.389. The van der Waals surface area contributed by atoms with Gasteiger partial charge < -0.3 is 9.42 Å². The fourth-order valence-corrected chi connectivity index (χ4v) is 3.53. The minimum absolute atomic E-state index is 0.0682. The third-order valence-corrected chi connectivity index (χ3v) is 4.85. The second-order valence-electron chi connectivity index (χ2n) is 6.61. The molecule has 0 unspecified atom stereocenters. The van der Waals surface area contributed by atoms with Crippen LogP contribution in [0.25, 0.3) is 0 Å². The highest BCUT2D eigenvalue weighted by atomic mass is 16.5. The van der Waals surface area contributed by atoms with Crippen molar-refractivity contribution in [3.63, 3.8) is 0 Å². The number of carbonyl (C=O) groups is 2. The summed E-state index contributed by atoms with van der Waals surface area (Å²) >= 11 is 0. The van der Waals surface area contributed by atoms with E-state index in [1.807, 2.05) is 30.3 Å². The van der Waals surface area contributed by atoms with E-state index in [1.54, 1.807) is 11.8 Å². The van der Waals surface area contributed by atoms with Gasteiger partial charge in [0, 0.05) is 31.8 Å². The zero-order chi connectivity index (χ0) is 18.1. The van der Waals surface area contributed by atoms with Crippen LogP contribution in [0.3, 0.4) is 0 Å². The van der Waals surface area contributed by atoms with E-state index >= 15 is 0 Å². The van der Waals surface area contributed by atoms with Crippen LogP contribution in [-0.4, -0.2) is 45.7 Å². The normalized spacial score (nSPS) is 22.9. The number of aryl methyl sites for hydroxylation is 1. The Kier molecular flexibility index (Phi) is 4.24. The number of nitrogens with zero attached hydrogens (tertiary/aromatic N) is 4. The van der Waals surface area contributed by atoms with Crippen LogP contribution in [-0.2, 0) is 9.59 Å². The second kappa shape index (κ2) is 6.70. The summed E-state index contributed by atoms with van der Waals surface area (Å²) in [5.41, 5.74) is 3.90. The van der Waals surface area contributed by atoms with Crippen LogP contribution in [0.4, 0.5) is 0 Å². The van der Waals surface area contributed by atoms with Gasteiger partial charge in [-0.05, 0) is 12.5 Å². The van der Waals surface area contributed by atoms with Crippen molar-refractivity contribution in [3.8, 4) is 0 Å². The molecule has 2 amide bonds. The van der Waals surface area contributed by atoms with E-state index in [2.05, 4.69) is 20.7 Å². The van der Waals surface area contributed by atoms with Crippen LogP contribution in [0.2, 0.25) is 0 Å². The predicted octanol–water partition coefficient (Wildman–Crippen LogP) is 1.35. The summed E-state index contributed by atoms with van der Waals surface area (Å²) in [5.74, 6) is 0.815. The minimum atomic E-state index is -0.163. The number of rotatable bonds is 3. The lowest BCUT2D eigenvalue weighted by Gasteiger charge is -2.19. The summed E-state index contributed by atoms with van der Waals surface area (Å²) in [4.78, 5) is 30.2. The smallest absolute Gasteiger partial charge is 0.270 e. The van der Waals surface area contributed by atoms with Crippen LogP contribution < -0.4 is 5.43 Å². The lowest BCUT2D eigenvalue weighted by molar-refractivity contribution is -0.123. The summed E-state index contributed by atoms with van der Waals surface area (Å²) in [6.07, 6.45) is 0.647. The SMILES string of the molecule is Cc1noc([C@H]2CN(C(=O)C3=NNC(=O)CC3)C[C@@H]2c2ccccc2)n1. The van der Waals surface area contributed by atoms with E-state index in [-0.39, 0.29) is 30.1 Å². The van der Waals surface area contributed by atoms with Crippen molar-refractivity contribution in [1.82, 2.24) is 20.5 Å². The number of likely N-dealkylation sites (tertiary alicyclic amines) is 1. The van der Waals surface area contributed by atoms with E-state index in [1.165, 1.54) is 0 Å². The maximum atomic E-state index is 12.8. The van der Waals surface area contributed by atoms with Gasteiger partial charge in [0.25, 0.3) is 5.91 Å². The molecule has 26 heavy (non-hydrogen) atoms. The molecule has 1 aromatic heterocycles. The van der Waals surface area contributed by atoms with Gasteiger partial charge in [0.1, 0.15) is 5.71 Å². The standard InChI is InChI=1S/C18H19N5O3/c1-11-19-17(26-22-11)14-10-23(9-13(14)12-5-3-2-4-6-12)18(25)15-7-8-16(24)21-20-15/h2-6,13-14H,7-10H2,1H3,(H,21,24)/t13-,14+/m1/s1. The number of benzene rings is 1. The summed E-state index contributed by atoms with van der Waals surface area (Å²) < 4.78 is 5.40. The second-order valence-corrected chi connectivity index (χ2v) is 6.61. The molecule has 0 saturated carbocycles. The number of hydrazone groups is 1. The van der Waals surface area contributed by atoms with E-state index in [0.29, 0.717) is 36.9 Å². The van der Waals surface area contributed by atoms with E-state index in [9.17, 15) is 9.59 Å². The molecule has 1 aromatic carbocycles. The monoisotopic (exact) mass is 353 g/mol. The highest BCUT2D eigenvalue weighted by Gasteiger charge is 2.41. The molecule has 4 rings (SSSR count). The van der Waals surface area contributed by atoms with Crippen molar-refractivity contribution in [3.05, 3.63) is 47.6 Å². The van der Waals surface area contributed by atoms with Crippen molar-refractivity contribution in [2.45, 2.75) is 31.6 Å². The third kappa shape index (κ3) is 3.10. The number of hydrogen-bond acceptors (Lipinski definition) is 6. The van der Waals surface area contributed by atoms with E-state index < -0.39 is 0 Å². The first kappa shape index (κ1) is 16.4. The Morgan fingerprint density at radius 3 is 2.62 bits per heavy atom. The molecule has 1 saturated heterocycles. The van der Waals surface area contributed by atoms with Crippen molar-refractivity contribution in [2.75, 3.05) is 13.1 Å². The van der Waals surface area contributed by atoms with Crippen LogP contribution in [0.1, 0.15) is 42.0 Å². The summed E-state index contributed by atoms with van der Waals surface area (Å²) in [7, 11) is 0. The van der Waals surface area contributed by atoms with E-state index in [4.69, 9.17) is 4.52 Å². The van der Waals surface area contributed by atoms with Gasteiger partial charge in [-0.15, -0.1) is 0 Å². The molecule has 0 radical (unpaired) electrons. The zero-order valence-corrected chi connectivity index (χ0v) is 14.4. The number of hydrogen-bond donors (Lipinski definition) is 1. The fourth-order valence-electron chi connectivity index (χ4n) is 3.53. The molecule has 0 spiro atoms. The third-order valence-electron chi connectivity index (χ3n) is 4.85. The molecule has 134 valence electrons. The summed E-state index contributed by atoms with van der Waals surface area (Å²) in [5, 5.41) is 7.83. The van der Waals surface area contributed by atoms with Crippen LogP contribution >= 0.6 is 0 Å². The van der Waals surface area contributed by atoms with Crippen LogP contribution in [0.5, 0.6) is 0 Å². The maximum Gasteiger partial charge on any atom is 0.270 e. The lowest BCUT2D eigenvalue weighted by atomic mass is 9.89. The van der Waals surface area contributed by atoms with Crippen molar-refractivity contribution >= 4 is 17.5 Å². The molecule has 2 atom stereocenters. The molecule has 8 nitrogen and oxygen atoms in total. The van der Waals surface area contributed by atoms with Crippen LogP contribution in [0.15, 0.2) is 40.0 Å². The van der Waals surface area contributed by atoms with Crippen molar-refractivity contribution < 1.29 is 14.1 Å². The molecular weight excluding hydrogens is 334 g/mol. The van der Waals surface area contributed by atoms with Crippen molar-refractivity contribution in [2.24, 2.45) is 5.10 Å². The Balaban J connectivity index is 1.61. The molecule has 0 bridgehead atoms. The molecule has 2 aliphatic heterocycles. The maximum absolute atomic E-state index is 12.8. The van der Waals surface area contributed by atoms with Gasteiger partial charge in [-0.3, -0.25) is 9.59 Å². The van der Waals surface area contributed by atoms with Gasteiger partial charge in [-0.2, -0.15) is 10.1 Å². The van der Waals surface area contributed by atoms with Crippen molar-refractivity contribution in [1.29, 1.82) is 0 Å². The predicted molar refractivity (Wildman–Crippen MR) is 92.4 cm³/mol. The zero-order valence-electron chi connectivity index (χ0n) is 14.4. The van der Waals surface area contributed by atoms with E-state index in [0.717, 1.165) is 5.56 Å². The number of nitrogens with one attached hydrogen (secondary N) is 1. The van der Waals surface area contributed by atoms with Gasteiger partial charge in [0.15, 0.2) is 5.82 Å². The Hall–Kier alpha value is -3.03. The number of aromatic nitrogens is 2. The van der Waals surface area contributed by atoms with Crippen LogP contribution in [0, 0.1) is 6.92 Å². The average Bonchev–Trinajstić information content (AvgIpc) is 3.29. The summed E-state index contributed by atoms with van der Waals surface area (Å²) in [6, 6.07) is 10.0. The average molecular weight is 353 g/mol. The number of amides is 2. The molecular formula is C18H19N5O3. The topological polar surface area (TPSA) is 101 Å². The Morgan fingerprint density at radius 2 is 1.96 bits per heavy atom. The lowest BCUT2D eigenvalue weighted by Crippen LogP contribution is -2.39. The Morgan fingerprint density at radius 1 is 1.19 bits per heavy atom. The Bertz CT molecular complexity index is 861.